The summed E-state index contributed by atoms with van der Waals surface area (Å²) in [5.41, 5.74) is 4.41. The van der Waals surface area contributed by atoms with Gasteiger partial charge in [-0.3, -0.25) is 9.48 Å². The second-order valence-corrected chi connectivity index (χ2v) is 8.63. The Bertz CT molecular complexity index is 1120. The lowest BCUT2D eigenvalue weighted by molar-refractivity contribution is 0.0732. The van der Waals surface area contributed by atoms with Crippen molar-refractivity contribution in [2.24, 2.45) is 7.05 Å². The summed E-state index contributed by atoms with van der Waals surface area (Å²) < 4.78 is 1.86. The zero-order valence-corrected chi connectivity index (χ0v) is 18.9. The van der Waals surface area contributed by atoms with Gasteiger partial charge in [0.2, 0.25) is 0 Å². The number of likely N-dealkylation sites (tertiary alicyclic amines) is 1. The minimum atomic E-state index is -0.291. The van der Waals surface area contributed by atoms with Crippen molar-refractivity contribution < 1.29 is 15.0 Å². The van der Waals surface area contributed by atoms with Gasteiger partial charge in [0.05, 0.1) is 22.3 Å². The predicted molar refractivity (Wildman–Crippen MR) is 123 cm³/mol. The maximum absolute atomic E-state index is 13.2. The van der Waals surface area contributed by atoms with E-state index in [-0.39, 0.29) is 34.0 Å². The molecular formula is C24H27ClN4O3. The van der Waals surface area contributed by atoms with Gasteiger partial charge >= 0.3 is 0 Å². The zero-order chi connectivity index (χ0) is 22.8. The highest BCUT2D eigenvalue weighted by Gasteiger charge is 2.32. The number of nitrogens with zero attached hydrogens (tertiary/aromatic N) is 3. The van der Waals surface area contributed by atoms with Gasteiger partial charge in [0.25, 0.3) is 5.91 Å². The molecule has 8 heteroatoms. The number of rotatable bonds is 6. The molecule has 1 aromatic heterocycles. The molecule has 3 aromatic rings. The molecule has 1 amide bonds. The number of benzene rings is 2. The summed E-state index contributed by atoms with van der Waals surface area (Å²) in [6.45, 7) is 4.00. The third-order valence-electron chi connectivity index (χ3n) is 5.94. The van der Waals surface area contributed by atoms with Crippen LogP contribution in [0, 0.1) is 6.92 Å². The molecule has 3 N–H and O–H groups in total. The molecule has 1 aliphatic heterocycles. The van der Waals surface area contributed by atoms with Crippen LogP contribution in [-0.4, -0.2) is 37.3 Å². The molecule has 1 atom stereocenters. The van der Waals surface area contributed by atoms with Crippen LogP contribution in [-0.2, 0) is 20.1 Å². The predicted octanol–water partition coefficient (Wildman–Crippen LogP) is 4.06. The van der Waals surface area contributed by atoms with E-state index in [4.69, 9.17) is 11.6 Å². The molecule has 0 bridgehead atoms. The number of phenolic OH excluding ortho intramolecular Hbond substituents is 2. The maximum Gasteiger partial charge on any atom is 0.258 e. The molecule has 2 aromatic carbocycles. The first-order chi connectivity index (χ1) is 15.3. The Hall–Kier alpha value is -3.03. The Balaban J connectivity index is 1.47. The molecule has 2 heterocycles. The molecule has 1 saturated heterocycles. The summed E-state index contributed by atoms with van der Waals surface area (Å²) in [5, 5.41) is 27.8. The SMILES string of the molecule is Cc1cc(CNCc2cccc(C3CCCN3C(=O)c3cc(Cl)c(O)cc3O)c2)nn1C. The van der Waals surface area contributed by atoms with Crippen LogP contribution >= 0.6 is 11.6 Å². The topological polar surface area (TPSA) is 90.6 Å². The molecule has 1 aliphatic rings. The largest absolute Gasteiger partial charge is 0.507 e. The third kappa shape index (κ3) is 4.59. The van der Waals surface area contributed by atoms with Crippen LogP contribution in [0.3, 0.4) is 0 Å². The highest BCUT2D eigenvalue weighted by Crippen LogP contribution is 2.37. The monoisotopic (exact) mass is 454 g/mol. The number of nitrogens with one attached hydrogen (secondary N) is 1. The van der Waals surface area contributed by atoms with E-state index in [0.29, 0.717) is 19.6 Å². The molecule has 0 spiro atoms. The lowest BCUT2D eigenvalue weighted by atomic mass is 10.0. The minimum Gasteiger partial charge on any atom is -0.507 e. The number of aromatic nitrogens is 2. The van der Waals surface area contributed by atoms with Crippen molar-refractivity contribution in [1.82, 2.24) is 20.0 Å². The fraction of sp³-hybridized carbons (Fsp3) is 0.333. The quantitative estimate of drug-likeness (QED) is 0.522. The number of amides is 1. The Labute approximate surface area is 192 Å². The van der Waals surface area contributed by atoms with Crippen molar-refractivity contribution in [1.29, 1.82) is 0 Å². The van der Waals surface area contributed by atoms with Crippen molar-refractivity contribution in [2.75, 3.05) is 6.54 Å². The van der Waals surface area contributed by atoms with Crippen LogP contribution in [0.5, 0.6) is 11.5 Å². The van der Waals surface area contributed by atoms with E-state index in [1.165, 1.54) is 6.07 Å². The van der Waals surface area contributed by atoms with Gasteiger partial charge in [0.1, 0.15) is 11.5 Å². The second kappa shape index (κ2) is 9.22. The van der Waals surface area contributed by atoms with Crippen molar-refractivity contribution in [2.45, 2.75) is 38.9 Å². The van der Waals surface area contributed by atoms with Gasteiger partial charge in [0.15, 0.2) is 0 Å². The van der Waals surface area contributed by atoms with Gasteiger partial charge in [0, 0.05) is 38.4 Å². The second-order valence-electron chi connectivity index (χ2n) is 8.23. The number of halogens is 1. The normalized spacial score (nSPS) is 16.0. The first-order valence-electron chi connectivity index (χ1n) is 10.6. The van der Waals surface area contributed by atoms with Gasteiger partial charge < -0.3 is 20.4 Å². The van der Waals surface area contributed by atoms with E-state index in [1.54, 1.807) is 4.90 Å². The Kier molecular flexibility index (Phi) is 6.39. The summed E-state index contributed by atoms with van der Waals surface area (Å²) in [6, 6.07) is 12.6. The highest BCUT2D eigenvalue weighted by molar-refractivity contribution is 6.32. The number of carbonyl (C=O) groups excluding carboxylic acids is 1. The van der Waals surface area contributed by atoms with Crippen molar-refractivity contribution in [3.63, 3.8) is 0 Å². The van der Waals surface area contributed by atoms with Crippen LogP contribution in [0.2, 0.25) is 5.02 Å². The van der Waals surface area contributed by atoms with Crippen LogP contribution < -0.4 is 5.32 Å². The van der Waals surface area contributed by atoms with Gasteiger partial charge in [-0.05, 0) is 43.0 Å². The molecule has 0 aliphatic carbocycles. The molecule has 0 radical (unpaired) electrons. The number of hydrogen-bond acceptors (Lipinski definition) is 5. The van der Waals surface area contributed by atoms with Crippen molar-refractivity contribution in [3.8, 4) is 11.5 Å². The molecule has 0 saturated carbocycles. The Morgan fingerprint density at radius 3 is 2.75 bits per heavy atom. The number of aryl methyl sites for hydroxylation is 2. The van der Waals surface area contributed by atoms with Crippen LogP contribution in [0.25, 0.3) is 0 Å². The Morgan fingerprint density at radius 1 is 1.19 bits per heavy atom. The standard InChI is InChI=1S/C24H27ClN4O3/c1-15-9-18(27-28(15)2)14-26-13-16-5-3-6-17(10-16)21-7-4-8-29(21)24(32)19-11-20(25)23(31)12-22(19)30/h3,5-6,9-12,21,26,30-31H,4,7-8,13-14H2,1-2H3. The zero-order valence-electron chi connectivity index (χ0n) is 18.2. The average molecular weight is 455 g/mol. The number of aromatic hydroxyl groups is 2. The number of carbonyl (C=O) groups is 1. The fourth-order valence-electron chi connectivity index (χ4n) is 4.20. The molecule has 1 unspecified atom stereocenters. The lowest BCUT2D eigenvalue weighted by Gasteiger charge is -2.26. The van der Waals surface area contributed by atoms with Gasteiger partial charge in [-0.25, -0.2) is 0 Å². The highest BCUT2D eigenvalue weighted by atomic mass is 35.5. The maximum atomic E-state index is 13.2. The molecule has 1 fully saturated rings. The lowest BCUT2D eigenvalue weighted by Crippen LogP contribution is -2.30. The summed E-state index contributed by atoms with van der Waals surface area (Å²) >= 11 is 5.97. The fourth-order valence-corrected chi connectivity index (χ4v) is 4.36. The first-order valence-corrected chi connectivity index (χ1v) is 11.0. The van der Waals surface area contributed by atoms with E-state index in [0.717, 1.165) is 41.4 Å². The van der Waals surface area contributed by atoms with E-state index >= 15 is 0 Å². The van der Waals surface area contributed by atoms with Gasteiger partial charge in [-0.1, -0.05) is 35.9 Å². The summed E-state index contributed by atoms with van der Waals surface area (Å²) in [7, 11) is 1.93. The van der Waals surface area contributed by atoms with E-state index < -0.39 is 0 Å². The van der Waals surface area contributed by atoms with Crippen molar-refractivity contribution >= 4 is 17.5 Å². The number of hydrogen-bond donors (Lipinski definition) is 3. The van der Waals surface area contributed by atoms with Gasteiger partial charge in [-0.2, -0.15) is 5.10 Å². The minimum absolute atomic E-state index is 0.0399. The van der Waals surface area contributed by atoms with Gasteiger partial charge in [-0.15, -0.1) is 0 Å². The number of phenols is 2. The molecule has 168 valence electrons. The van der Waals surface area contributed by atoms with E-state index in [9.17, 15) is 15.0 Å². The summed E-state index contributed by atoms with van der Waals surface area (Å²) in [6.07, 6.45) is 1.73. The van der Waals surface area contributed by atoms with Crippen LogP contribution in [0.4, 0.5) is 0 Å². The van der Waals surface area contributed by atoms with Crippen LogP contribution in [0.15, 0.2) is 42.5 Å². The molecular weight excluding hydrogens is 428 g/mol. The van der Waals surface area contributed by atoms with E-state index in [2.05, 4.69) is 28.6 Å². The molecule has 32 heavy (non-hydrogen) atoms. The summed E-state index contributed by atoms with van der Waals surface area (Å²) in [5.74, 6) is -0.814. The van der Waals surface area contributed by atoms with Crippen molar-refractivity contribution in [3.05, 3.63) is 75.6 Å². The first kappa shape index (κ1) is 22.2. The average Bonchev–Trinajstić information content (AvgIpc) is 3.37. The molecule has 7 nitrogen and oxygen atoms in total. The Morgan fingerprint density at radius 2 is 2.00 bits per heavy atom. The third-order valence-corrected chi connectivity index (χ3v) is 6.25. The smallest absolute Gasteiger partial charge is 0.258 e. The van der Waals surface area contributed by atoms with E-state index in [1.807, 2.05) is 30.8 Å². The van der Waals surface area contributed by atoms with Crippen LogP contribution in [0.1, 0.15) is 51.8 Å². The molecule has 4 rings (SSSR count). The summed E-state index contributed by atoms with van der Waals surface area (Å²) in [4.78, 5) is 14.9.